The number of pyridine rings is 1. The van der Waals surface area contributed by atoms with Gasteiger partial charge in [0.25, 0.3) is 0 Å². The van der Waals surface area contributed by atoms with Gasteiger partial charge >= 0.3 is 0 Å². The van der Waals surface area contributed by atoms with E-state index >= 15 is 0 Å². The van der Waals surface area contributed by atoms with Crippen LogP contribution in [0, 0.1) is 5.92 Å². The average Bonchev–Trinajstić information content (AvgIpc) is 3.37. The Bertz CT molecular complexity index is 867. The van der Waals surface area contributed by atoms with Crippen molar-refractivity contribution >= 4 is 28.5 Å². The summed E-state index contributed by atoms with van der Waals surface area (Å²) in [5.74, 6) is 1.90. The molecule has 3 heterocycles. The maximum Gasteiger partial charge on any atom is 0.205 e. The molecule has 7 heteroatoms. The molecule has 1 saturated carbocycles. The second kappa shape index (κ2) is 5.94. The minimum Gasteiger partial charge on any atom is -0.456 e. The maximum absolute atomic E-state index is 12.0. The van der Waals surface area contributed by atoms with Crippen molar-refractivity contribution in [1.29, 1.82) is 0 Å². The SMILES string of the molecule is Cn1c(Cl)nc2ncc(OC3=CC(CC(=O)C4CC4)NC=C3)cc21. The van der Waals surface area contributed by atoms with Gasteiger partial charge in [-0.15, -0.1) is 0 Å². The van der Waals surface area contributed by atoms with E-state index in [0.29, 0.717) is 34.6 Å². The molecule has 1 unspecified atom stereocenters. The lowest BCUT2D eigenvalue weighted by molar-refractivity contribution is -0.120. The van der Waals surface area contributed by atoms with E-state index in [0.717, 1.165) is 18.4 Å². The molecule has 1 fully saturated rings. The van der Waals surface area contributed by atoms with Crippen molar-refractivity contribution in [2.24, 2.45) is 13.0 Å². The van der Waals surface area contributed by atoms with E-state index in [1.54, 1.807) is 10.8 Å². The number of halogens is 1. The Hall–Kier alpha value is -2.34. The van der Waals surface area contributed by atoms with Gasteiger partial charge in [0.2, 0.25) is 5.28 Å². The number of nitrogens with one attached hydrogen (secondary N) is 1. The van der Waals surface area contributed by atoms with E-state index in [1.165, 1.54) is 0 Å². The van der Waals surface area contributed by atoms with Crippen molar-refractivity contribution in [3.05, 3.63) is 41.7 Å². The lowest BCUT2D eigenvalue weighted by atomic mass is 10.1. The Morgan fingerprint density at radius 2 is 2.33 bits per heavy atom. The fourth-order valence-corrected chi connectivity index (χ4v) is 2.92. The van der Waals surface area contributed by atoms with Crippen LogP contribution < -0.4 is 10.1 Å². The maximum atomic E-state index is 12.0. The summed E-state index contributed by atoms with van der Waals surface area (Å²) in [5.41, 5.74) is 1.38. The largest absolute Gasteiger partial charge is 0.456 e. The molecule has 4 rings (SSSR count). The number of fused-ring (bicyclic) bond motifs is 1. The van der Waals surface area contributed by atoms with Crippen LogP contribution in [-0.2, 0) is 11.8 Å². The van der Waals surface area contributed by atoms with Crippen LogP contribution in [0.2, 0.25) is 5.28 Å². The Balaban J connectivity index is 1.51. The molecule has 1 N–H and O–H groups in total. The highest BCUT2D eigenvalue weighted by atomic mass is 35.5. The van der Waals surface area contributed by atoms with E-state index in [9.17, 15) is 4.79 Å². The Labute approximate surface area is 144 Å². The number of hydrogen-bond donors (Lipinski definition) is 1. The highest BCUT2D eigenvalue weighted by Crippen LogP contribution is 2.31. The van der Waals surface area contributed by atoms with Crippen LogP contribution >= 0.6 is 11.6 Å². The first-order chi connectivity index (χ1) is 11.6. The predicted octanol–water partition coefficient (Wildman–Crippen LogP) is 2.74. The number of nitrogens with zero attached hydrogens (tertiary/aromatic N) is 3. The minimum atomic E-state index is -0.0269. The van der Waals surface area contributed by atoms with Crippen molar-refractivity contribution in [2.75, 3.05) is 0 Å². The summed E-state index contributed by atoms with van der Waals surface area (Å²) in [6.45, 7) is 0. The van der Waals surface area contributed by atoms with Crippen molar-refractivity contribution in [3.8, 4) is 5.75 Å². The van der Waals surface area contributed by atoms with Gasteiger partial charge in [-0.25, -0.2) is 4.98 Å². The highest BCUT2D eigenvalue weighted by molar-refractivity contribution is 6.29. The van der Waals surface area contributed by atoms with E-state index in [4.69, 9.17) is 16.3 Å². The second-order valence-electron chi connectivity index (χ2n) is 6.18. The Kier molecular flexibility index (Phi) is 3.76. The topological polar surface area (TPSA) is 69.0 Å². The van der Waals surface area contributed by atoms with Crippen LogP contribution in [0.1, 0.15) is 19.3 Å². The summed E-state index contributed by atoms with van der Waals surface area (Å²) in [6.07, 6.45) is 9.76. The van der Waals surface area contributed by atoms with Gasteiger partial charge in [0.1, 0.15) is 17.3 Å². The standard InChI is InChI=1S/C17H17ClN4O2/c1-22-14-8-13(9-20-16(14)21-17(22)18)24-12-4-5-19-11(6-12)7-15(23)10-2-3-10/h4-6,8-11,19H,2-3,7H2,1H3. The number of Topliss-reactive ketones (excluding diaryl/α,β-unsaturated/α-hetero) is 1. The molecule has 0 bridgehead atoms. The first kappa shape index (κ1) is 15.2. The zero-order chi connectivity index (χ0) is 16.7. The van der Waals surface area contributed by atoms with Gasteiger partial charge in [-0.05, 0) is 36.6 Å². The Morgan fingerprint density at radius 1 is 1.50 bits per heavy atom. The van der Waals surface area contributed by atoms with Gasteiger partial charge in [-0.2, -0.15) is 4.98 Å². The molecule has 0 radical (unpaired) electrons. The number of allylic oxidation sites excluding steroid dienone is 1. The number of carbonyl (C=O) groups is 1. The van der Waals surface area contributed by atoms with Gasteiger partial charge in [0.05, 0.1) is 17.8 Å². The molecule has 2 aromatic heterocycles. The van der Waals surface area contributed by atoms with Crippen LogP contribution in [0.3, 0.4) is 0 Å². The number of imidazole rings is 1. The Morgan fingerprint density at radius 3 is 3.12 bits per heavy atom. The summed E-state index contributed by atoms with van der Waals surface area (Å²) in [7, 11) is 1.83. The molecule has 1 aliphatic heterocycles. The van der Waals surface area contributed by atoms with Crippen LogP contribution in [0.4, 0.5) is 0 Å². The molecular weight excluding hydrogens is 328 g/mol. The number of dihydropyridines is 1. The molecule has 0 amide bonds. The zero-order valence-electron chi connectivity index (χ0n) is 13.2. The summed E-state index contributed by atoms with van der Waals surface area (Å²) in [4.78, 5) is 20.4. The van der Waals surface area contributed by atoms with Crippen LogP contribution in [-0.4, -0.2) is 26.4 Å². The fourth-order valence-electron chi connectivity index (χ4n) is 2.74. The van der Waals surface area contributed by atoms with Crippen LogP contribution in [0.25, 0.3) is 11.2 Å². The summed E-state index contributed by atoms with van der Waals surface area (Å²) >= 11 is 6.00. The molecule has 0 aromatic carbocycles. The molecule has 1 atom stereocenters. The monoisotopic (exact) mass is 344 g/mol. The zero-order valence-corrected chi connectivity index (χ0v) is 14.0. The number of aryl methyl sites for hydroxylation is 1. The van der Waals surface area contributed by atoms with Crippen molar-refractivity contribution < 1.29 is 9.53 Å². The van der Waals surface area contributed by atoms with Gasteiger partial charge in [0.15, 0.2) is 5.65 Å². The highest BCUT2D eigenvalue weighted by Gasteiger charge is 2.30. The molecule has 2 aliphatic rings. The number of hydrogen-bond acceptors (Lipinski definition) is 5. The molecule has 124 valence electrons. The fraction of sp³-hybridized carbons (Fsp3) is 0.353. The van der Waals surface area contributed by atoms with Gasteiger partial charge in [0, 0.05) is 31.7 Å². The lowest BCUT2D eigenvalue weighted by Gasteiger charge is -2.18. The van der Waals surface area contributed by atoms with Crippen LogP contribution in [0.15, 0.2) is 36.4 Å². The molecule has 24 heavy (non-hydrogen) atoms. The molecule has 0 saturated heterocycles. The summed E-state index contributed by atoms with van der Waals surface area (Å²) < 4.78 is 7.64. The minimum absolute atomic E-state index is 0.0269. The van der Waals surface area contributed by atoms with Gasteiger partial charge in [-0.3, -0.25) is 4.79 Å². The third-order valence-corrected chi connectivity index (χ3v) is 4.61. The molecule has 6 nitrogen and oxygen atoms in total. The van der Waals surface area contributed by atoms with E-state index < -0.39 is 0 Å². The van der Waals surface area contributed by atoms with Crippen molar-refractivity contribution in [1.82, 2.24) is 19.9 Å². The molecule has 1 aliphatic carbocycles. The second-order valence-corrected chi connectivity index (χ2v) is 6.51. The predicted molar refractivity (Wildman–Crippen MR) is 90.6 cm³/mol. The summed E-state index contributed by atoms with van der Waals surface area (Å²) in [6, 6.07) is 1.82. The summed E-state index contributed by atoms with van der Waals surface area (Å²) in [5, 5.41) is 3.57. The normalized spacial score (nSPS) is 19.9. The van der Waals surface area contributed by atoms with Crippen molar-refractivity contribution in [2.45, 2.75) is 25.3 Å². The number of ether oxygens (including phenoxy) is 1. The third kappa shape index (κ3) is 3.01. The molecule has 0 spiro atoms. The van der Waals surface area contributed by atoms with Gasteiger partial charge < -0.3 is 14.6 Å². The number of carbonyl (C=O) groups excluding carboxylic acids is 1. The van der Waals surface area contributed by atoms with Crippen LogP contribution in [0.5, 0.6) is 5.75 Å². The first-order valence-corrected chi connectivity index (χ1v) is 8.31. The van der Waals surface area contributed by atoms with E-state index in [2.05, 4.69) is 15.3 Å². The quantitative estimate of drug-likeness (QED) is 0.903. The lowest BCUT2D eigenvalue weighted by Crippen LogP contribution is -2.28. The number of ketones is 1. The van der Waals surface area contributed by atoms with E-state index in [-0.39, 0.29) is 12.0 Å². The average molecular weight is 345 g/mol. The number of aromatic nitrogens is 3. The smallest absolute Gasteiger partial charge is 0.205 e. The molecule has 2 aromatic rings. The molecular formula is C17H17ClN4O2. The third-order valence-electron chi connectivity index (χ3n) is 4.27. The van der Waals surface area contributed by atoms with Gasteiger partial charge in [-0.1, -0.05) is 0 Å². The number of rotatable bonds is 5. The van der Waals surface area contributed by atoms with Crippen molar-refractivity contribution in [3.63, 3.8) is 0 Å². The van der Waals surface area contributed by atoms with E-state index in [1.807, 2.05) is 31.5 Å². The first-order valence-electron chi connectivity index (χ1n) is 7.93.